The van der Waals surface area contributed by atoms with Crippen molar-refractivity contribution >= 4 is 55.7 Å². The van der Waals surface area contributed by atoms with Gasteiger partial charge in [0.25, 0.3) is 0 Å². The summed E-state index contributed by atoms with van der Waals surface area (Å²) >= 11 is 10.9. The van der Waals surface area contributed by atoms with E-state index in [4.69, 9.17) is 16.7 Å². The molecule has 2 aromatic rings. The summed E-state index contributed by atoms with van der Waals surface area (Å²) < 4.78 is 0.879. The molecule has 4 nitrogen and oxygen atoms in total. The highest BCUT2D eigenvalue weighted by atomic mass is 79.9. The van der Waals surface area contributed by atoms with Gasteiger partial charge in [-0.05, 0) is 40.5 Å². The highest BCUT2D eigenvalue weighted by Gasteiger charge is 2.09. The lowest BCUT2D eigenvalue weighted by atomic mass is 10.2. The zero-order valence-electron chi connectivity index (χ0n) is 9.91. The number of carbonyl (C=O) groups is 1. The fourth-order valence-electron chi connectivity index (χ4n) is 1.46. The number of carboxylic acid groups (broad SMARTS) is 1. The quantitative estimate of drug-likeness (QED) is 0.855. The molecule has 2 N–H and O–H groups in total. The number of hydrogen-bond donors (Lipinski definition) is 2. The fourth-order valence-corrected chi connectivity index (χ4v) is 2.90. The Morgan fingerprint density at radius 2 is 2.32 bits per heavy atom. The van der Waals surface area contributed by atoms with Gasteiger partial charge in [0.05, 0.1) is 17.8 Å². The standard InChI is InChI=1S/C12H10BrClN2O2S/c1-6-2-8(13)10(4-9(6)14)16-12-15-7(5-19-12)3-11(17)18/h2,4-5H,3H2,1H3,(H,15,16)(H,17,18). The van der Waals surface area contributed by atoms with E-state index in [0.717, 1.165) is 15.7 Å². The number of nitrogens with one attached hydrogen (secondary N) is 1. The summed E-state index contributed by atoms with van der Waals surface area (Å²) in [5.41, 5.74) is 2.31. The van der Waals surface area contributed by atoms with Crippen LogP contribution in [-0.2, 0) is 11.2 Å². The molecule has 0 radical (unpaired) electrons. The van der Waals surface area contributed by atoms with E-state index in [1.165, 1.54) is 11.3 Å². The molecule has 0 aliphatic heterocycles. The van der Waals surface area contributed by atoms with Gasteiger partial charge in [-0.1, -0.05) is 11.6 Å². The minimum absolute atomic E-state index is 0.0754. The van der Waals surface area contributed by atoms with Crippen LogP contribution in [0.5, 0.6) is 0 Å². The number of thiazole rings is 1. The van der Waals surface area contributed by atoms with Gasteiger partial charge in [-0.3, -0.25) is 4.79 Å². The molecule has 0 saturated carbocycles. The molecule has 0 aliphatic rings. The second kappa shape index (κ2) is 5.90. The largest absolute Gasteiger partial charge is 0.481 e. The predicted octanol–water partition coefficient (Wildman–Crippen LogP) is 4.24. The van der Waals surface area contributed by atoms with Crippen molar-refractivity contribution < 1.29 is 9.90 Å². The van der Waals surface area contributed by atoms with E-state index >= 15 is 0 Å². The highest BCUT2D eigenvalue weighted by Crippen LogP contribution is 2.32. The Labute approximate surface area is 127 Å². The van der Waals surface area contributed by atoms with Gasteiger partial charge in [0.15, 0.2) is 5.13 Å². The van der Waals surface area contributed by atoms with Crippen LogP contribution in [0.3, 0.4) is 0 Å². The molecule has 0 unspecified atom stereocenters. The second-order valence-corrected chi connectivity index (χ2v) is 6.04. The first-order valence-corrected chi connectivity index (χ1v) is 7.39. The number of rotatable bonds is 4. The van der Waals surface area contributed by atoms with Crippen molar-refractivity contribution in [2.75, 3.05) is 5.32 Å². The van der Waals surface area contributed by atoms with Crippen LogP contribution < -0.4 is 5.32 Å². The Morgan fingerprint density at radius 1 is 1.58 bits per heavy atom. The van der Waals surface area contributed by atoms with Gasteiger partial charge in [-0.25, -0.2) is 4.98 Å². The minimum Gasteiger partial charge on any atom is -0.481 e. The normalized spacial score (nSPS) is 10.5. The van der Waals surface area contributed by atoms with Gasteiger partial charge in [0.1, 0.15) is 0 Å². The Balaban J connectivity index is 2.19. The van der Waals surface area contributed by atoms with Crippen LogP contribution in [0.2, 0.25) is 5.02 Å². The number of hydrogen-bond acceptors (Lipinski definition) is 4. The molecule has 0 spiro atoms. The highest BCUT2D eigenvalue weighted by molar-refractivity contribution is 9.10. The lowest BCUT2D eigenvalue weighted by molar-refractivity contribution is -0.136. The molecule has 2 rings (SSSR count). The van der Waals surface area contributed by atoms with Gasteiger partial charge in [-0.15, -0.1) is 11.3 Å². The number of anilines is 2. The maximum atomic E-state index is 10.6. The third-order valence-corrected chi connectivity index (χ3v) is 4.24. The number of carboxylic acids is 1. The van der Waals surface area contributed by atoms with Crippen LogP contribution in [0, 0.1) is 6.92 Å². The van der Waals surface area contributed by atoms with E-state index in [0.29, 0.717) is 15.8 Å². The molecule has 0 fully saturated rings. The van der Waals surface area contributed by atoms with Crippen molar-refractivity contribution in [2.45, 2.75) is 13.3 Å². The summed E-state index contributed by atoms with van der Waals surface area (Å²) in [6, 6.07) is 3.72. The molecule has 0 atom stereocenters. The molecule has 1 aromatic heterocycles. The van der Waals surface area contributed by atoms with Crippen molar-refractivity contribution in [2.24, 2.45) is 0 Å². The Bertz CT molecular complexity index is 630. The minimum atomic E-state index is -0.892. The zero-order chi connectivity index (χ0) is 14.0. The first kappa shape index (κ1) is 14.3. The maximum Gasteiger partial charge on any atom is 0.309 e. The van der Waals surface area contributed by atoms with Crippen molar-refractivity contribution in [1.29, 1.82) is 0 Å². The van der Waals surface area contributed by atoms with Crippen LogP contribution >= 0.6 is 38.9 Å². The van der Waals surface area contributed by atoms with Crippen LogP contribution in [0.1, 0.15) is 11.3 Å². The second-order valence-electron chi connectivity index (χ2n) is 3.92. The molecule has 0 bridgehead atoms. The zero-order valence-corrected chi connectivity index (χ0v) is 13.1. The van der Waals surface area contributed by atoms with Crippen molar-refractivity contribution in [3.05, 3.63) is 38.3 Å². The molecule has 7 heteroatoms. The summed E-state index contributed by atoms with van der Waals surface area (Å²) in [6.45, 7) is 1.92. The van der Waals surface area contributed by atoms with Crippen LogP contribution in [0.15, 0.2) is 22.0 Å². The third kappa shape index (κ3) is 3.68. The molecule has 0 saturated heterocycles. The van der Waals surface area contributed by atoms with Gasteiger partial charge >= 0.3 is 5.97 Å². The average Bonchev–Trinajstić information content (AvgIpc) is 2.72. The lowest BCUT2D eigenvalue weighted by Crippen LogP contribution is -2.00. The molecule has 0 aliphatic carbocycles. The lowest BCUT2D eigenvalue weighted by Gasteiger charge is -2.08. The third-order valence-electron chi connectivity index (χ3n) is 2.37. The number of nitrogens with zero attached hydrogens (tertiary/aromatic N) is 1. The van der Waals surface area contributed by atoms with E-state index < -0.39 is 5.97 Å². The van der Waals surface area contributed by atoms with E-state index in [1.807, 2.05) is 13.0 Å². The average molecular weight is 362 g/mol. The molecule has 1 heterocycles. The number of halogens is 2. The van der Waals surface area contributed by atoms with Gasteiger partial charge in [0, 0.05) is 14.9 Å². The topological polar surface area (TPSA) is 62.2 Å². The van der Waals surface area contributed by atoms with Crippen LogP contribution in [-0.4, -0.2) is 16.1 Å². The Kier molecular flexibility index (Phi) is 4.44. The summed E-state index contributed by atoms with van der Waals surface area (Å²) in [6.07, 6.45) is -0.0754. The van der Waals surface area contributed by atoms with Crippen LogP contribution in [0.25, 0.3) is 0 Å². The Hall–Kier alpha value is -1.11. The number of benzene rings is 1. The SMILES string of the molecule is Cc1cc(Br)c(Nc2nc(CC(=O)O)cs2)cc1Cl. The summed E-state index contributed by atoms with van der Waals surface area (Å²) in [4.78, 5) is 14.8. The van der Waals surface area contributed by atoms with E-state index in [2.05, 4.69) is 26.2 Å². The molecule has 1 aromatic carbocycles. The molecule has 100 valence electrons. The summed E-state index contributed by atoms with van der Waals surface area (Å²) in [5.74, 6) is -0.892. The maximum absolute atomic E-state index is 10.6. The molecule has 0 amide bonds. The summed E-state index contributed by atoms with van der Waals surface area (Å²) in [7, 11) is 0. The number of aryl methyl sites for hydroxylation is 1. The van der Waals surface area contributed by atoms with Crippen molar-refractivity contribution in [3.8, 4) is 0 Å². The predicted molar refractivity (Wildman–Crippen MR) is 80.6 cm³/mol. The van der Waals surface area contributed by atoms with E-state index in [-0.39, 0.29) is 6.42 Å². The first-order valence-electron chi connectivity index (χ1n) is 5.34. The van der Waals surface area contributed by atoms with Crippen LogP contribution in [0.4, 0.5) is 10.8 Å². The van der Waals surface area contributed by atoms with E-state index in [1.54, 1.807) is 11.4 Å². The van der Waals surface area contributed by atoms with E-state index in [9.17, 15) is 4.79 Å². The molecular formula is C12H10BrClN2O2S. The number of aliphatic carboxylic acids is 1. The van der Waals surface area contributed by atoms with Gasteiger partial charge in [-0.2, -0.15) is 0 Å². The van der Waals surface area contributed by atoms with Gasteiger partial charge < -0.3 is 10.4 Å². The fraction of sp³-hybridized carbons (Fsp3) is 0.167. The van der Waals surface area contributed by atoms with Crippen molar-refractivity contribution in [1.82, 2.24) is 4.98 Å². The first-order chi connectivity index (χ1) is 8.95. The Morgan fingerprint density at radius 3 is 3.00 bits per heavy atom. The van der Waals surface area contributed by atoms with Crippen molar-refractivity contribution in [3.63, 3.8) is 0 Å². The summed E-state index contributed by atoms with van der Waals surface area (Å²) in [5, 5.41) is 14.8. The smallest absolute Gasteiger partial charge is 0.309 e. The number of aromatic nitrogens is 1. The molecule has 19 heavy (non-hydrogen) atoms. The molecular weight excluding hydrogens is 352 g/mol. The van der Waals surface area contributed by atoms with Gasteiger partial charge in [0.2, 0.25) is 0 Å². The monoisotopic (exact) mass is 360 g/mol.